The Morgan fingerprint density at radius 2 is 1.92 bits per heavy atom. The Morgan fingerprint density at radius 1 is 1.17 bits per heavy atom. The van der Waals surface area contributed by atoms with E-state index in [1.165, 1.54) is 19.3 Å². The average molecular weight is 169 g/mol. The predicted molar refractivity (Wildman–Crippen MR) is 51.0 cm³/mol. The van der Waals surface area contributed by atoms with Crippen LogP contribution >= 0.6 is 0 Å². The lowest BCUT2D eigenvalue weighted by molar-refractivity contribution is 0.512. The highest BCUT2D eigenvalue weighted by Crippen LogP contribution is 2.10. The van der Waals surface area contributed by atoms with Gasteiger partial charge in [0.2, 0.25) is 6.08 Å². The minimum absolute atomic E-state index is 0.235. The molecule has 0 bridgehead atoms. The fourth-order valence-corrected chi connectivity index (χ4v) is 1.31. The van der Waals surface area contributed by atoms with Crippen LogP contribution < -0.4 is 0 Å². The number of rotatable bonds is 7. The van der Waals surface area contributed by atoms with Crippen molar-refractivity contribution in [1.29, 1.82) is 0 Å². The highest BCUT2D eigenvalue weighted by Gasteiger charge is 2.03. The lowest BCUT2D eigenvalue weighted by atomic mass is 10.1. The molecule has 0 aromatic rings. The number of carbonyl (C=O) groups excluding carboxylic acids is 1. The smallest absolute Gasteiger partial charge is 0.211 e. The summed E-state index contributed by atoms with van der Waals surface area (Å²) in [5.74, 6) is 0. The Kier molecular flexibility index (Phi) is 8.04. The molecule has 0 fully saturated rings. The van der Waals surface area contributed by atoms with Crippen LogP contribution in [0.15, 0.2) is 4.99 Å². The molecule has 1 unspecified atom stereocenters. The molecule has 0 aromatic heterocycles. The number of unbranched alkanes of at least 4 members (excludes halogenated alkanes) is 2. The van der Waals surface area contributed by atoms with Crippen molar-refractivity contribution in [3.63, 3.8) is 0 Å². The van der Waals surface area contributed by atoms with Gasteiger partial charge >= 0.3 is 0 Å². The van der Waals surface area contributed by atoms with E-state index in [2.05, 4.69) is 18.8 Å². The number of hydrogen-bond acceptors (Lipinski definition) is 2. The van der Waals surface area contributed by atoms with E-state index in [-0.39, 0.29) is 6.04 Å². The molecule has 0 aliphatic carbocycles. The summed E-state index contributed by atoms with van der Waals surface area (Å²) in [7, 11) is 0. The van der Waals surface area contributed by atoms with E-state index in [0.29, 0.717) is 0 Å². The van der Waals surface area contributed by atoms with E-state index < -0.39 is 0 Å². The number of isocyanates is 1. The first-order valence-electron chi connectivity index (χ1n) is 4.92. The largest absolute Gasteiger partial charge is 0.235 e. The molecule has 0 amide bonds. The van der Waals surface area contributed by atoms with Gasteiger partial charge in [-0.05, 0) is 12.8 Å². The van der Waals surface area contributed by atoms with Crippen LogP contribution in [-0.4, -0.2) is 12.1 Å². The standard InChI is InChI=1S/C10H19NO/c1-3-5-6-8-10(7-4-2)11-9-12/h10H,3-8H2,1-2H3. The molecule has 0 aromatic carbocycles. The summed E-state index contributed by atoms with van der Waals surface area (Å²) in [6.45, 7) is 4.30. The summed E-state index contributed by atoms with van der Waals surface area (Å²) in [6, 6.07) is 0.235. The number of aliphatic imine (C=N–C) groups is 1. The number of hydrogen-bond donors (Lipinski definition) is 0. The SMILES string of the molecule is CCCCCC(CCC)N=C=O. The summed E-state index contributed by atoms with van der Waals surface area (Å²) in [5.41, 5.74) is 0. The van der Waals surface area contributed by atoms with Crippen molar-refractivity contribution in [1.82, 2.24) is 0 Å². The van der Waals surface area contributed by atoms with Crippen molar-refractivity contribution >= 4 is 6.08 Å². The van der Waals surface area contributed by atoms with Crippen molar-refractivity contribution in [2.24, 2.45) is 4.99 Å². The molecule has 1 atom stereocenters. The van der Waals surface area contributed by atoms with Gasteiger partial charge in [-0.1, -0.05) is 39.5 Å². The molecule has 0 aliphatic heterocycles. The maximum Gasteiger partial charge on any atom is 0.235 e. The zero-order valence-corrected chi connectivity index (χ0v) is 8.18. The van der Waals surface area contributed by atoms with Crippen LogP contribution in [0.4, 0.5) is 0 Å². The van der Waals surface area contributed by atoms with Crippen molar-refractivity contribution in [3.8, 4) is 0 Å². The third-order valence-corrected chi connectivity index (χ3v) is 2.00. The molecule has 70 valence electrons. The van der Waals surface area contributed by atoms with Crippen LogP contribution in [0.5, 0.6) is 0 Å². The van der Waals surface area contributed by atoms with Gasteiger partial charge in [-0.25, -0.2) is 9.79 Å². The average Bonchev–Trinajstić information content (AvgIpc) is 2.06. The lowest BCUT2D eigenvalue weighted by Gasteiger charge is -2.07. The quantitative estimate of drug-likeness (QED) is 0.327. The van der Waals surface area contributed by atoms with E-state index in [1.807, 2.05) is 0 Å². The monoisotopic (exact) mass is 169 g/mol. The maximum absolute atomic E-state index is 10.0. The predicted octanol–water partition coefficient (Wildman–Crippen LogP) is 3.07. The molecule has 0 rings (SSSR count). The first kappa shape index (κ1) is 11.4. The molecule has 0 heterocycles. The Labute approximate surface area is 75.1 Å². The third-order valence-electron chi connectivity index (χ3n) is 2.00. The minimum atomic E-state index is 0.235. The van der Waals surface area contributed by atoms with Crippen LogP contribution in [0, 0.1) is 0 Å². The van der Waals surface area contributed by atoms with Gasteiger partial charge in [0.05, 0.1) is 6.04 Å². The van der Waals surface area contributed by atoms with Crippen molar-refractivity contribution in [2.45, 2.75) is 58.4 Å². The first-order chi connectivity index (χ1) is 5.85. The molecule has 12 heavy (non-hydrogen) atoms. The van der Waals surface area contributed by atoms with E-state index in [4.69, 9.17) is 0 Å². The minimum Gasteiger partial charge on any atom is -0.211 e. The van der Waals surface area contributed by atoms with Gasteiger partial charge in [-0.15, -0.1) is 0 Å². The van der Waals surface area contributed by atoms with Crippen LogP contribution in [0.3, 0.4) is 0 Å². The fourth-order valence-electron chi connectivity index (χ4n) is 1.31. The summed E-state index contributed by atoms with van der Waals surface area (Å²) in [6.07, 6.45) is 8.49. The zero-order valence-electron chi connectivity index (χ0n) is 8.18. The molecule has 0 N–H and O–H groups in total. The molecule has 0 spiro atoms. The molecular weight excluding hydrogens is 150 g/mol. The highest BCUT2D eigenvalue weighted by atomic mass is 16.1. The first-order valence-corrected chi connectivity index (χ1v) is 4.92. The van der Waals surface area contributed by atoms with Crippen LogP contribution in [0.1, 0.15) is 52.4 Å². The second-order valence-corrected chi connectivity index (χ2v) is 3.16. The second kappa shape index (κ2) is 8.48. The van der Waals surface area contributed by atoms with Gasteiger partial charge in [0.1, 0.15) is 0 Å². The van der Waals surface area contributed by atoms with Crippen LogP contribution in [0.25, 0.3) is 0 Å². The molecule has 0 radical (unpaired) electrons. The second-order valence-electron chi connectivity index (χ2n) is 3.16. The fraction of sp³-hybridized carbons (Fsp3) is 0.900. The van der Waals surface area contributed by atoms with Gasteiger partial charge in [0, 0.05) is 0 Å². The zero-order chi connectivity index (χ0) is 9.23. The van der Waals surface area contributed by atoms with Gasteiger partial charge in [0.15, 0.2) is 0 Å². The molecule has 2 nitrogen and oxygen atoms in total. The summed E-state index contributed by atoms with van der Waals surface area (Å²) in [4.78, 5) is 13.8. The molecule has 0 aliphatic rings. The molecular formula is C10H19NO. The lowest BCUT2D eigenvalue weighted by Crippen LogP contribution is -2.03. The van der Waals surface area contributed by atoms with Gasteiger partial charge < -0.3 is 0 Å². The van der Waals surface area contributed by atoms with Gasteiger partial charge in [0.25, 0.3) is 0 Å². The van der Waals surface area contributed by atoms with Crippen molar-refractivity contribution in [2.75, 3.05) is 0 Å². The normalized spacial score (nSPS) is 12.2. The van der Waals surface area contributed by atoms with E-state index in [0.717, 1.165) is 19.3 Å². The van der Waals surface area contributed by atoms with Crippen LogP contribution in [0.2, 0.25) is 0 Å². The summed E-state index contributed by atoms with van der Waals surface area (Å²) < 4.78 is 0. The van der Waals surface area contributed by atoms with Crippen LogP contribution in [-0.2, 0) is 4.79 Å². The molecule has 0 saturated heterocycles. The topological polar surface area (TPSA) is 29.4 Å². The van der Waals surface area contributed by atoms with E-state index >= 15 is 0 Å². The Morgan fingerprint density at radius 3 is 2.42 bits per heavy atom. The third kappa shape index (κ3) is 6.11. The summed E-state index contributed by atoms with van der Waals surface area (Å²) in [5, 5.41) is 0. The van der Waals surface area contributed by atoms with E-state index in [1.54, 1.807) is 6.08 Å². The molecule has 0 saturated carbocycles. The van der Waals surface area contributed by atoms with Crippen molar-refractivity contribution in [3.05, 3.63) is 0 Å². The Balaban J connectivity index is 3.55. The Hall–Kier alpha value is -0.620. The van der Waals surface area contributed by atoms with Crippen molar-refractivity contribution < 1.29 is 4.79 Å². The summed E-state index contributed by atoms with van der Waals surface area (Å²) >= 11 is 0. The maximum atomic E-state index is 10.0. The van der Waals surface area contributed by atoms with Gasteiger partial charge in [-0.2, -0.15) is 0 Å². The number of nitrogens with zero attached hydrogens (tertiary/aromatic N) is 1. The molecule has 2 heteroatoms. The highest BCUT2D eigenvalue weighted by molar-refractivity contribution is 5.33. The van der Waals surface area contributed by atoms with Gasteiger partial charge in [-0.3, -0.25) is 0 Å². The Bertz CT molecular complexity index is 139. The van der Waals surface area contributed by atoms with E-state index in [9.17, 15) is 4.79 Å².